The Kier molecular flexibility index (Phi) is 3.36. The van der Waals surface area contributed by atoms with Crippen molar-refractivity contribution >= 4 is 17.4 Å². The lowest BCUT2D eigenvalue weighted by Crippen LogP contribution is -2.11. The number of hydrogen-bond acceptors (Lipinski definition) is 3. The highest BCUT2D eigenvalue weighted by Crippen LogP contribution is 2.25. The van der Waals surface area contributed by atoms with Crippen LogP contribution in [0.2, 0.25) is 0 Å². The van der Waals surface area contributed by atoms with Gasteiger partial charge in [0.1, 0.15) is 11.5 Å². The van der Waals surface area contributed by atoms with Crippen LogP contribution in [0.4, 0.5) is 0 Å². The predicted octanol–water partition coefficient (Wildman–Crippen LogP) is 2.21. The number of alkyl halides is 1. The fourth-order valence-electron chi connectivity index (χ4n) is 1.10. The van der Waals surface area contributed by atoms with E-state index in [1.54, 1.807) is 6.92 Å². The van der Waals surface area contributed by atoms with Gasteiger partial charge in [0, 0.05) is 0 Å². The summed E-state index contributed by atoms with van der Waals surface area (Å²) < 4.78 is 4.98. The number of phenols is 1. The average Bonchev–Trinajstić information content (AvgIpc) is 2.16. The van der Waals surface area contributed by atoms with E-state index in [9.17, 15) is 9.90 Å². The molecule has 0 aliphatic carbocycles. The zero-order chi connectivity index (χ0) is 10.7. The van der Waals surface area contributed by atoms with Gasteiger partial charge in [-0.15, -0.1) is 11.6 Å². The number of Topliss-reactive ketones (excluding diaryl/α,β-unsaturated/α-hetero) is 1. The second kappa shape index (κ2) is 4.33. The van der Waals surface area contributed by atoms with Gasteiger partial charge in [-0.25, -0.2) is 0 Å². The molecule has 1 rings (SSSR count). The number of ether oxygens (including phenoxy) is 1. The van der Waals surface area contributed by atoms with Crippen LogP contribution in [-0.4, -0.2) is 23.4 Å². The number of phenolic OH excluding ortho intramolecular Hbond substituents is 1. The van der Waals surface area contributed by atoms with E-state index in [2.05, 4.69) is 0 Å². The van der Waals surface area contributed by atoms with Crippen molar-refractivity contribution in [2.24, 2.45) is 0 Å². The molecule has 0 aliphatic rings. The van der Waals surface area contributed by atoms with Gasteiger partial charge in [-0.3, -0.25) is 4.79 Å². The van der Waals surface area contributed by atoms with Crippen LogP contribution in [0.5, 0.6) is 11.5 Å². The third-order valence-corrected chi connectivity index (χ3v) is 2.01. The first-order chi connectivity index (χ1) is 6.56. The van der Waals surface area contributed by atoms with Gasteiger partial charge in [0.15, 0.2) is 5.78 Å². The fraction of sp³-hybridized carbons (Fsp3) is 0.300. The van der Waals surface area contributed by atoms with Crippen LogP contribution in [-0.2, 0) is 0 Å². The molecule has 0 amide bonds. The Bertz CT molecular complexity index is 347. The minimum absolute atomic E-state index is 0.0199. The Morgan fingerprint density at radius 1 is 1.57 bits per heavy atom. The Balaban J connectivity index is 3.17. The van der Waals surface area contributed by atoms with E-state index in [-0.39, 0.29) is 11.5 Å². The van der Waals surface area contributed by atoms with Gasteiger partial charge < -0.3 is 9.84 Å². The van der Waals surface area contributed by atoms with Crippen molar-refractivity contribution in [3.8, 4) is 11.5 Å². The number of methoxy groups -OCH3 is 1. The molecule has 0 spiro atoms. The van der Waals surface area contributed by atoms with Gasteiger partial charge in [0.05, 0.1) is 18.1 Å². The maximum absolute atomic E-state index is 11.6. The maximum atomic E-state index is 11.6. The number of ketones is 1. The van der Waals surface area contributed by atoms with Crippen LogP contribution in [0.15, 0.2) is 18.2 Å². The summed E-state index contributed by atoms with van der Waals surface area (Å²) >= 11 is 5.66. The third kappa shape index (κ3) is 2.17. The molecule has 3 nitrogen and oxygen atoms in total. The number of carbonyl (C=O) groups is 1. The van der Waals surface area contributed by atoms with Crippen LogP contribution in [0, 0.1) is 0 Å². The van der Waals surface area contributed by atoms with Crippen molar-refractivity contribution in [3.05, 3.63) is 23.8 Å². The lowest BCUT2D eigenvalue weighted by molar-refractivity contribution is 0.0988. The Labute approximate surface area is 87.3 Å². The molecular weight excluding hydrogens is 204 g/mol. The normalized spacial score (nSPS) is 12.2. The molecule has 0 saturated carbocycles. The van der Waals surface area contributed by atoms with Gasteiger partial charge in [0.25, 0.3) is 0 Å². The summed E-state index contributed by atoms with van der Waals surface area (Å²) in [5.41, 5.74) is 0.301. The molecule has 1 aromatic rings. The van der Waals surface area contributed by atoms with Gasteiger partial charge in [0.2, 0.25) is 0 Å². The van der Waals surface area contributed by atoms with Crippen LogP contribution >= 0.6 is 11.6 Å². The second-order valence-electron chi connectivity index (χ2n) is 2.86. The van der Waals surface area contributed by atoms with E-state index in [1.807, 2.05) is 0 Å². The first kappa shape index (κ1) is 10.9. The van der Waals surface area contributed by atoms with Crippen molar-refractivity contribution < 1.29 is 14.6 Å². The van der Waals surface area contributed by atoms with E-state index in [1.165, 1.54) is 25.3 Å². The number of hydrogen-bond donors (Lipinski definition) is 1. The molecule has 0 bridgehead atoms. The molecular formula is C10H11ClO3. The van der Waals surface area contributed by atoms with Crippen molar-refractivity contribution in [2.75, 3.05) is 7.11 Å². The van der Waals surface area contributed by atoms with E-state index >= 15 is 0 Å². The number of carbonyl (C=O) groups excluding carboxylic acids is 1. The lowest BCUT2D eigenvalue weighted by Gasteiger charge is -2.08. The van der Waals surface area contributed by atoms with Gasteiger partial charge in [-0.2, -0.15) is 0 Å². The zero-order valence-corrected chi connectivity index (χ0v) is 8.71. The summed E-state index contributed by atoms with van der Waals surface area (Å²) in [6.07, 6.45) is 0. The summed E-state index contributed by atoms with van der Waals surface area (Å²) in [5.74, 6) is 0.172. The molecule has 1 atom stereocenters. The molecule has 4 heteroatoms. The summed E-state index contributed by atoms with van der Waals surface area (Å²) in [5, 5.41) is 8.58. The molecule has 1 unspecified atom stereocenters. The number of halogens is 1. The minimum Gasteiger partial charge on any atom is -0.508 e. The standard InChI is InChI=1S/C10H11ClO3/c1-6(11)10(13)8-5-7(12)3-4-9(8)14-2/h3-6,12H,1-2H3. The van der Waals surface area contributed by atoms with Gasteiger partial charge in [-0.1, -0.05) is 0 Å². The molecule has 0 heterocycles. The molecule has 0 radical (unpaired) electrons. The monoisotopic (exact) mass is 214 g/mol. The van der Waals surface area contributed by atoms with Crippen molar-refractivity contribution in [1.82, 2.24) is 0 Å². The van der Waals surface area contributed by atoms with Crippen molar-refractivity contribution in [1.29, 1.82) is 0 Å². The van der Waals surface area contributed by atoms with Gasteiger partial charge in [-0.05, 0) is 25.1 Å². The Morgan fingerprint density at radius 2 is 2.21 bits per heavy atom. The average molecular weight is 215 g/mol. The first-order valence-corrected chi connectivity index (χ1v) is 4.55. The molecule has 14 heavy (non-hydrogen) atoms. The summed E-state index contributed by atoms with van der Waals surface area (Å²) in [6, 6.07) is 4.33. The highest BCUT2D eigenvalue weighted by atomic mass is 35.5. The highest BCUT2D eigenvalue weighted by Gasteiger charge is 2.17. The quantitative estimate of drug-likeness (QED) is 0.620. The predicted molar refractivity (Wildman–Crippen MR) is 54.3 cm³/mol. The van der Waals surface area contributed by atoms with Crippen LogP contribution in [0.1, 0.15) is 17.3 Å². The number of rotatable bonds is 3. The van der Waals surface area contributed by atoms with E-state index < -0.39 is 5.38 Å². The largest absolute Gasteiger partial charge is 0.508 e. The van der Waals surface area contributed by atoms with Crippen LogP contribution in [0.3, 0.4) is 0 Å². The topological polar surface area (TPSA) is 46.5 Å². The third-order valence-electron chi connectivity index (χ3n) is 1.81. The Hall–Kier alpha value is -1.22. The minimum atomic E-state index is -0.634. The number of benzene rings is 1. The van der Waals surface area contributed by atoms with E-state index in [0.717, 1.165) is 0 Å². The zero-order valence-electron chi connectivity index (χ0n) is 7.95. The Morgan fingerprint density at radius 3 is 2.71 bits per heavy atom. The molecule has 0 saturated heterocycles. The second-order valence-corrected chi connectivity index (χ2v) is 3.52. The molecule has 1 N–H and O–H groups in total. The van der Waals surface area contributed by atoms with E-state index in [0.29, 0.717) is 11.3 Å². The molecule has 0 aliphatic heterocycles. The molecule has 1 aromatic carbocycles. The molecule has 76 valence electrons. The molecule has 0 aromatic heterocycles. The van der Waals surface area contributed by atoms with E-state index in [4.69, 9.17) is 16.3 Å². The smallest absolute Gasteiger partial charge is 0.184 e. The fourth-order valence-corrected chi connectivity index (χ4v) is 1.22. The highest BCUT2D eigenvalue weighted by molar-refractivity contribution is 6.34. The summed E-state index contributed by atoms with van der Waals surface area (Å²) in [7, 11) is 1.46. The van der Waals surface area contributed by atoms with Gasteiger partial charge >= 0.3 is 0 Å². The lowest BCUT2D eigenvalue weighted by atomic mass is 10.1. The van der Waals surface area contributed by atoms with Crippen LogP contribution in [0.25, 0.3) is 0 Å². The number of aromatic hydroxyl groups is 1. The SMILES string of the molecule is COc1ccc(O)cc1C(=O)C(C)Cl. The summed E-state index contributed by atoms with van der Waals surface area (Å²) in [6.45, 7) is 1.58. The van der Waals surface area contributed by atoms with Crippen molar-refractivity contribution in [3.63, 3.8) is 0 Å². The van der Waals surface area contributed by atoms with Crippen LogP contribution < -0.4 is 4.74 Å². The molecule has 0 fully saturated rings. The summed E-state index contributed by atoms with van der Waals surface area (Å²) in [4.78, 5) is 11.6. The first-order valence-electron chi connectivity index (χ1n) is 4.11. The van der Waals surface area contributed by atoms with Crippen molar-refractivity contribution in [2.45, 2.75) is 12.3 Å². The maximum Gasteiger partial charge on any atom is 0.184 e.